The monoisotopic (exact) mass is 1160 g/mol. The number of aromatic nitrogens is 6. The van der Waals surface area contributed by atoms with Crippen molar-refractivity contribution in [3.63, 3.8) is 0 Å². The van der Waals surface area contributed by atoms with E-state index < -0.39 is 15.8 Å². The van der Waals surface area contributed by atoms with E-state index >= 15 is 0 Å². The van der Waals surface area contributed by atoms with E-state index in [4.69, 9.17) is 0 Å². The average Bonchev–Trinajstić information content (AvgIpc) is 4.19. The normalized spacial score (nSPS) is 10.3. The summed E-state index contributed by atoms with van der Waals surface area (Å²) in [6.45, 7) is 0. The van der Waals surface area contributed by atoms with Crippen LogP contribution in [0.25, 0.3) is 45.3 Å². The summed E-state index contributed by atoms with van der Waals surface area (Å²) in [5.74, 6) is 0. The molecule has 4 aromatic heterocycles. The molecule has 73 heavy (non-hydrogen) atoms. The minimum absolute atomic E-state index is 0. The zero-order valence-corrected chi connectivity index (χ0v) is 44.4. The van der Waals surface area contributed by atoms with Crippen molar-refractivity contribution in [2.45, 2.75) is 0 Å². The molecule has 0 saturated carbocycles. The van der Waals surface area contributed by atoms with E-state index in [1.807, 2.05) is 109 Å². The van der Waals surface area contributed by atoms with Gasteiger partial charge >= 0.3 is 19.8 Å². The predicted molar refractivity (Wildman–Crippen MR) is 306 cm³/mol. The molecular formula is C64H52N6OsP2+2. The summed E-state index contributed by atoms with van der Waals surface area (Å²) >= 11 is 0. The summed E-state index contributed by atoms with van der Waals surface area (Å²) in [6.07, 6.45) is 3.51. The van der Waals surface area contributed by atoms with Crippen LogP contribution in [-0.2, 0) is 19.8 Å². The molecule has 0 N–H and O–H groups in total. The Hall–Kier alpha value is -8.02. The first-order valence-electron chi connectivity index (χ1n) is 23.8. The second-order valence-corrected chi connectivity index (χ2v) is 21.3. The van der Waals surface area contributed by atoms with Gasteiger partial charge in [0, 0.05) is 35.2 Å². The van der Waals surface area contributed by atoms with Gasteiger partial charge in [0.2, 0.25) is 0 Å². The molecule has 0 aliphatic carbocycles. The quantitative estimate of drug-likeness (QED) is 0.127. The van der Waals surface area contributed by atoms with E-state index in [1.54, 1.807) is 12.4 Å². The molecule has 9 heteroatoms. The van der Waals surface area contributed by atoms with Crippen molar-refractivity contribution >= 4 is 47.7 Å². The largest absolute Gasteiger partial charge is 2.00 e. The van der Waals surface area contributed by atoms with Crippen LogP contribution >= 0.6 is 15.8 Å². The van der Waals surface area contributed by atoms with Gasteiger partial charge in [0.15, 0.2) is 0 Å². The van der Waals surface area contributed by atoms with Gasteiger partial charge in [-0.15, -0.1) is 0 Å². The third-order valence-corrected chi connectivity index (χ3v) is 16.9. The van der Waals surface area contributed by atoms with Crippen LogP contribution in [0.1, 0.15) is 0 Å². The first-order valence-corrected chi connectivity index (χ1v) is 26.8. The molecule has 12 aromatic rings. The molecule has 0 bridgehead atoms. The van der Waals surface area contributed by atoms with Crippen LogP contribution in [0.4, 0.5) is 0 Å². The van der Waals surface area contributed by atoms with Crippen LogP contribution < -0.4 is 42.0 Å². The number of nitrogens with zero attached hydrogens (tertiary/aromatic N) is 6. The smallest absolute Gasteiger partial charge is 0.573 e. The molecule has 12 rings (SSSR count). The molecule has 0 radical (unpaired) electrons. The Morgan fingerprint density at radius 3 is 0.712 bits per heavy atom. The van der Waals surface area contributed by atoms with E-state index in [9.17, 15) is 0 Å². The van der Waals surface area contributed by atoms with E-state index in [-0.39, 0.29) is 19.8 Å². The summed E-state index contributed by atoms with van der Waals surface area (Å²) in [6, 6.07) is 100. The van der Waals surface area contributed by atoms with Crippen molar-refractivity contribution < 1.29 is 19.8 Å². The molecule has 0 aliphatic rings. The van der Waals surface area contributed by atoms with Crippen molar-refractivity contribution in [3.8, 4) is 45.3 Å². The van der Waals surface area contributed by atoms with Crippen LogP contribution in [0.5, 0.6) is 0 Å². The van der Waals surface area contributed by atoms with E-state index in [1.165, 1.54) is 31.8 Å². The maximum Gasteiger partial charge on any atom is 2.00 e. The number of rotatable bonds is 10. The Labute approximate surface area is 443 Å². The molecule has 0 aliphatic heterocycles. The third-order valence-electron chi connectivity index (χ3n) is 11.4. The van der Waals surface area contributed by atoms with E-state index in [2.05, 4.69) is 212 Å². The molecule has 0 amide bonds. The van der Waals surface area contributed by atoms with Crippen molar-refractivity contribution in [1.82, 2.24) is 30.4 Å². The van der Waals surface area contributed by atoms with Gasteiger partial charge in [-0.1, -0.05) is 193 Å². The summed E-state index contributed by atoms with van der Waals surface area (Å²) < 4.78 is 0. The van der Waals surface area contributed by atoms with Gasteiger partial charge < -0.3 is 20.4 Å². The van der Waals surface area contributed by atoms with Crippen molar-refractivity contribution in [2.75, 3.05) is 0 Å². The number of benzene rings is 8. The van der Waals surface area contributed by atoms with Gasteiger partial charge in [0.05, 0.1) is 15.8 Å². The van der Waals surface area contributed by atoms with Gasteiger partial charge in [-0.05, 0) is 120 Å². The van der Waals surface area contributed by atoms with Crippen LogP contribution in [0.2, 0.25) is 0 Å². The molecule has 354 valence electrons. The fraction of sp³-hybridized carbons (Fsp3) is 0. The molecular weight excluding hydrogens is 1100 g/mol. The van der Waals surface area contributed by atoms with E-state index in [0.717, 1.165) is 45.3 Å². The Bertz CT molecular complexity index is 2850. The second-order valence-electron chi connectivity index (χ2n) is 16.3. The summed E-state index contributed by atoms with van der Waals surface area (Å²) in [7, 11) is -1.75. The Morgan fingerprint density at radius 2 is 0.479 bits per heavy atom. The van der Waals surface area contributed by atoms with E-state index in [0.29, 0.717) is 0 Å². The van der Waals surface area contributed by atoms with Crippen LogP contribution in [0, 0.1) is 0 Å². The first-order chi connectivity index (χ1) is 35.8. The molecule has 8 aromatic carbocycles. The molecule has 0 saturated heterocycles. The standard InChI is InChI=1S/2C18H15P.2C14H10N3.Os/c2*1-4-10-16(11-5-1)19(17-12-6-2-7-13-17)18-14-8-3-9-15-18;2*1-2-6-11(7-3-1)13-10-14(17-16-13)12-8-4-5-9-15-12;/h2*1-15H;2*1-10H;/q;;2*-1;+2/p+2. The number of hydrogen-bond acceptors (Lipinski definition) is 4. The summed E-state index contributed by atoms with van der Waals surface area (Å²) in [4.78, 5) is 8.51. The fourth-order valence-electron chi connectivity index (χ4n) is 8.00. The maximum atomic E-state index is 4.25. The Balaban J connectivity index is 0.000000129. The van der Waals surface area contributed by atoms with Crippen molar-refractivity contribution in [2.24, 2.45) is 0 Å². The summed E-state index contributed by atoms with van der Waals surface area (Å²) in [5.41, 5.74) is 7.22. The van der Waals surface area contributed by atoms with Crippen LogP contribution in [-0.4, -0.2) is 20.2 Å². The summed E-state index contributed by atoms with van der Waals surface area (Å²) in [5, 5.41) is 25.3. The molecule has 0 atom stereocenters. The number of hydrogen-bond donors (Lipinski definition) is 0. The fourth-order valence-corrected chi connectivity index (χ4v) is 13.2. The van der Waals surface area contributed by atoms with Crippen LogP contribution in [0.3, 0.4) is 0 Å². The first kappa shape index (κ1) is 51.3. The molecule has 0 spiro atoms. The predicted octanol–water partition coefficient (Wildman–Crippen LogP) is 11.9. The molecule has 4 heterocycles. The van der Waals surface area contributed by atoms with Gasteiger partial charge in [0.25, 0.3) is 0 Å². The molecule has 6 nitrogen and oxygen atoms in total. The van der Waals surface area contributed by atoms with Crippen LogP contribution in [0.15, 0.2) is 304 Å². The minimum atomic E-state index is -0.877. The average molecular weight is 1160 g/mol. The zero-order valence-electron chi connectivity index (χ0n) is 39.9. The van der Waals surface area contributed by atoms with Crippen molar-refractivity contribution in [1.29, 1.82) is 0 Å². The Morgan fingerprint density at radius 1 is 0.247 bits per heavy atom. The van der Waals surface area contributed by atoms with Gasteiger partial charge in [0.1, 0.15) is 31.8 Å². The minimum Gasteiger partial charge on any atom is -0.573 e. The SMILES string of the molecule is [Os+2].c1ccc(-c2cc(-c3ccccn3)[n-]n2)cc1.c1ccc(-c2cc(-c3ccccn3)[n-]n2)cc1.c1ccc([PH+](c2ccccc2)c2ccccc2)cc1.c1ccc([PH+](c2ccccc2)c2ccccc2)cc1. The van der Waals surface area contributed by atoms with Gasteiger partial charge in [-0.2, -0.15) is 0 Å². The molecule has 0 fully saturated rings. The Kier molecular flexibility index (Phi) is 19.4. The number of pyridine rings is 2. The van der Waals surface area contributed by atoms with Gasteiger partial charge in [-0.25, -0.2) is 0 Å². The maximum absolute atomic E-state index is 4.25. The molecule has 0 unspecified atom stereocenters. The van der Waals surface area contributed by atoms with Gasteiger partial charge in [-0.3, -0.25) is 9.97 Å². The topological polar surface area (TPSA) is 79.8 Å². The third kappa shape index (κ3) is 14.5. The zero-order chi connectivity index (χ0) is 48.8. The van der Waals surface area contributed by atoms with Crippen molar-refractivity contribution in [3.05, 3.63) is 304 Å². The second kappa shape index (κ2) is 27.5.